The van der Waals surface area contributed by atoms with Gasteiger partial charge in [0.25, 0.3) is 0 Å². The second kappa shape index (κ2) is 6.32. The molecule has 5 nitrogen and oxygen atoms in total. The van der Waals surface area contributed by atoms with E-state index in [0.717, 1.165) is 29.0 Å². The van der Waals surface area contributed by atoms with Crippen molar-refractivity contribution in [2.45, 2.75) is 32.4 Å². The molecular weight excluding hydrogens is 280 g/mol. The van der Waals surface area contributed by atoms with Gasteiger partial charge in [-0.2, -0.15) is 0 Å². The fraction of sp³-hybridized carbons (Fsp3) is 0.412. The van der Waals surface area contributed by atoms with Gasteiger partial charge in [0.15, 0.2) is 6.10 Å². The molecule has 5 heteroatoms. The fourth-order valence-corrected chi connectivity index (χ4v) is 2.73. The van der Waals surface area contributed by atoms with Crippen LogP contribution < -0.4 is 0 Å². The standard InChI is InChI=1S/C17H20N2O3/c1-4-14-15(11(2)19-22-14)17-18-13(10-20-3)16(21-17)12-8-6-5-7-9-12/h5-9,13,16H,4,10H2,1-3H3/t13-,16-/m0/s1. The van der Waals surface area contributed by atoms with Crippen molar-refractivity contribution in [2.75, 3.05) is 13.7 Å². The van der Waals surface area contributed by atoms with Gasteiger partial charge in [0.05, 0.1) is 12.3 Å². The van der Waals surface area contributed by atoms with Gasteiger partial charge in [-0.05, 0) is 12.5 Å². The van der Waals surface area contributed by atoms with Gasteiger partial charge < -0.3 is 14.0 Å². The van der Waals surface area contributed by atoms with Crippen LogP contribution in [0.3, 0.4) is 0 Å². The van der Waals surface area contributed by atoms with Gasteiger partial charge in [0.2, 0.25) is 5.90 Å². The highest BCUT2D eigenvalue weighted by Crippen LogP contribution is 2.32. The first-order valence-corrected chi connectivity index (χ1v) is 7.48. The van der Waals surface area contributed by atoms with Gasteiger partial charge in [-0.3, -0.25) is 0 Å². The molecular formula is C17H20N2O3. The van der Waals surface area contributed by atoms with E-state index in [-0.39, 0.29) is 12.1 Å². The summed E-state index contributed by atoms with van der Waals surface area (Å²) in [7, 11) is 1.68. The van der Waals surface area contributed by atoms with Crippen molar-refractivity contribution >= 4 is 5.90 Å². The van der Waals surface area contributed by atoms with E-state index in [1.807, 2.05) is 44.2 Å². The fourth-order valence-electron chi connectivity index (χ4n) is 2.73. The second-order valence-electron chi connectivity index (χ2n) is 5.33. The van der Waals surface area contributed by atoms with Crippen molar-refractivity contribution in [3.8, 4) is 0 Å². The van der Waals surface area contributed by atoms with E-state index in [1.165, 1.54) is 0 Å². The maximum absolute atomic E-state index is 6.15. The van der Waals surface area contributed by atoms with Crippen LogP contribution in [-0.2, 0) is 15.9 Å². The summed E-state index contributed by atoms with van der Waals surface area (Å²) in [5.41, 5.74) is 2.78. The van der Waals surface area contributed by atoms with Crippen LogP contribution in [-0.4, -0.2) is 30.8 Å². The van der Waals surface area contributed by atoms with Crippen LogP contribution in [0, 0.1) is 6.92 Å². The van der Waals surface area contributed by atoms with E-state index in [1.54, 1.807) is 7.11 Å². The van der Waals surface area contributed by atoms with Gasteiger partial charge in [-0.1, -0.05) is 42.4 Å². The minimum atomic E-state index is -0.143. The number of methoxy groups -OCH3 is 1. The molecule has 0 radical (unpaired) electrons. The number of aliphatic imine (C=N–C) groups is 1. The van der Waals surface area contributed by atoms with Gasteiger partial charge in [-0.15, -0.1) is 0 Å². The molecule has 3 rings (SSSR count). The average Bonchev–Trinajstić information content (AvgIpc) is 3.12. The molecule has 22 heavy (non-hydrogen) atoms. The average molecular weight is 300 g/mol. The zero-order chi connectivity index (χ0) is 15.5. The summed E-state index contributed by atoms with van der Waals surface area (Å²) in [6, 6.07) is 10.0. The Morgan fingerprint density at radius 3 is 2.68 bits per heavy atom. The summed E-state index contributed by atoms with van der Waals surface area (Å²) in [6.07, 6.45) is 0.610. The first-order valence-electron chi connectivity index (χ1n) is 7.48. The zero-order valence-corrected chi connectivity index (χ0v) is 13.1. The number of aromatic nitrogens is 1. The van der Waals surface area contributed by atoms with Crippen LogP contribution in [0.2, 0.25) is 0 Å². The molecule has 0 unspecified atom stereocenters. The van der Waals surface area contributed by atoms with Crippen molar-refractivity contribution in [1.29, 1.82) is 0 Å². The van der Waals surface area contributed by atoms with E-state index >= 15 is 0 Å². The van der Waals surface area contributed by atoms with E-state index in [4.69, 9.17) is 19.0 Å². The number of hydrogen-bond acceptors (Lipinski definition) is 5. The van der Waals surface area contributed by atoms with Crippen molar-refractivity contribution in [3.05, 3.63) is 52.9 Å². The Morgan fingerprint density at radius 1 is 1.23 bits per heavy atom. The highest BCUT2D eigenvalue weighted by molar-refractivity contribution is 5.97. The van der Waals surface area contributed by atoms with Gasteiger partial charge in [0, 0.05) is 13.5 Å². The lowest BCUT2D eigenvalue weighted by Gasteiger charge is -2.17. The molecule has 0 N–H and O–H groups in total. The van der Waals surface area contributed by atoms with Crippen molar-refractivity contribution in [3.63, 3.8) is 0 Å². The summed E-state index contributed by atoms with van der Waals surface area (Å²) in [6.45, 7) is 4.44. The number of nitrogens with zero attached hydrogens (tertiary/aromatic N) is 2. The van der Waals surface area contributed by atoms with E-state index in [9.17, 15) is 0 Å². The van der Waals surface area contributed by atoms with Gasteiger partial charge in [0.1, 0.15) is 17.4 Å². The minimum absolute atomic E-state index is 0.0681. The Morgan fingerprint density at radius 2 is 2.00 bits per heavy atom. The molecule has 0 saturated heterocycles. The predicted octanol–water partition coefficient (Wildman–Crippen LogP) is 3.08. The predicted molar refractivity (Wildman–Crippen MR) is 83.1 cm³/mol. The lowest BCUT2D eigenvalue weighted by molar-refractivity contribution is 0.120. The Hall–Kier alpha value is -2.14. The SMILES string of the molecule is CCc1onc(C)c1C1=N[C@@H](COC)[C@H](c2ccccc2)O1. The largest absolute Gasteiger partial charge is 0.467 e. The van der Waals surface area contributed by atoms with Crippen LogP contribution in [0.15, 0.2) is 39.8 Å². The monoisotopic (exact) mass is 300 g/mol. The summed E-state index contributed by atoms with van der Waals surface area (Å²) in [5.74, 6) is 1.41. The maximum Gasteiger partial charge on any atom is 0.222 e. The third-order valence-electron chi connectivity index (χ3n) is 3.81. The molecule has 2 heterocycles. The molecule has 1 aliphatic rings. The van der Waals surface area contributed by atoms with E-state index < -0.39 is 0 Å². The Labute approximate surface area is 129 Å². The molecule has 0 amide bonds. The van der Waals surface area contributed by atoms with Crippen molar-refractivity contribution < 1.29 is 14.0 Å². The Kier molecular flexibility index (Phi) is 4.24. The Bertz CT molecular complexity index is 664. The smallest absolute Gasteiger partial charge is 0.222 e. The molecule has 0 fully saturated rings. The molecule has 2 aromatic rings. The molecule has 1 aliphatic heterocycles. The molecule has 0 saturated carbocycles. The first-order chi connectivity index (χ1) is 10.7. The number of ether oxygens (including phenoxy) is 2. The van der Waals surface area contributed by atoms with E-state index in [2.05, 4.69) is 5.16 Å². The molecule has 1 aromatic heterocycles. The topological polar surface area (TPSA) is 56.9 Å². The number of aryl methyl sites for hydroxylation is 2. The van der Waals surface area contributed by atoms with Crippen molar-refractivity contribution in [2.24, 2.45) is 4.99 Å². The third-order valence-corrected chi connectivity index (χ3v) is 3.81. The number of hydrogen-bond donors (Lipinski definition) is 0. The molecule has 0 aliphatic carbocycles. The summed E-state index contributed by atoms with van der Waals surface area (Å²) in [5, 5.41) is 4.03. The van der Waals surface area contributed by atoms with E-state index in [0.29, 0.717) is 12.5 Å². The third kappa shape index (κ3) is 2.64. The quantitative estimate of drug-likeness (QED) is 0.851. The highest BCUT2D eigenvalue weighted by Gasteiger charge is 2.35. The van der Waals surface area contributed by atoms with Crippen LogP contribution in [0.4, 0.5) is 0 Å². The Balaban J connectivity index is 1.94. The van der Waals surface area contributed by atoms with Gasteiger partial charge in [-0.25, -0.2) is 4.99 Å². The molecule has 0 spiro atoms. The lowest BCUT2D eigenvalue weighted by atomic mass is 10.0. The summed E-state index contributed by atoms with van der Waals surface area (Å²) < 4.78 is 16.8. The molecule has 116 valence electrons. The first kappa shape index (κ1) is 14.8. The van der Waals surface area contributed by atoms with Crippen LogP contribution in [0.1, 0.15) is 35.6 Å². The number of rotatable bonds is 5. The molecule has 2 atom stereocenters. The minimum Gasteiger partial charge on any atom is -0.467 e. The lowest BCUT2D eigenvalue weighted by Crippen LogP contribution is -2.19. The van der Waals surface area contributed by atoms with Crippen molar-refractivity contribution in [1.82, 2.24) is 5.16 Å². The summed E-state index contributed by atoms with van der Waals surface area (Å²) in [4.78, 5) is 4.72. The normalized spacial score (nSPS) is 20.8. The molecule has 1 aromatic carbocycles. The van der Waals surface area contributed by atoms with Crippen LogP contribution >= 0.6 is 0 Å². The van der Waals surface area contributed by atoms with Crippen LogP contribution in [0.5, 0.6) is 0 Å². The molecule has 0 bridgehead atoms. The summed E-state index contributed by atoms with van der Waals surface area (Å²) >= 11 is 0. The maximum atomic E-state index is 6.15. The van der Waals surface area contributed by atoms with Crippen LogP contribution in [0.25, 0.3) is 0 Å². The zero-order valence-electron chi connectivity index (χ0n) is 13.1. The number of benzene rings is 1. The highest BCUT2D eigenvalue weighted by atomic mass is 16.5. The second-order valence-corrected chi connectivity index (χ2v) is 5.33. The van der Waals surface area contributed by atoms with Gasteiger partial charge >= 0.3 is 0 Å².